The number of amides is 1. The van der Waals surface area contributed by atoms with E-state index in [0.29, 0.717) is 18.0 Å². The second kappa shape index (κ2) is 8.70. The summed E-state index contributed by atoms with van der Waals surface area (Å²) in [4.78, 5) is 34.9. The molecule has 1 amide bonds. The molecule has 0 saturated heterocycles. The van der Waals surface area contributed by atoms with Gasteiger partial charge in [-0.25, -0.2) is 4.98 Å². The van der Waals surface area contributed by atoms with Gasteiger partial charge in [-0.1, -0.05) is 48.6 Å². The van der Waals surface area contributed by atoms with E-state index in [4.69, 9.17) is 4.74 Å². The monoisotopic (exact) mass is 417 g/mol. The first-order chi connectivity index (χ1) is 13.4. The quantitative estimate of drug-likeness (QED) is 0.546. The number of hydrogen-bond acceptors (Lipinski definition) is 7. The first-order valence-electron chi connectivity index (χ1n) is 8.87. The Labute approximate surface area is 172 Å². The molecule has 0 aliphatic carbocycles. The maximum absolute atomic E-state index is 13.2. The molecule has 0 aliphatic rings. The number of methoxy groups -OCH3 is 1. The molecule has 0 aliphatic heterocycles. The van der Waals surface area contributed by atoms with Crippen LogP contribution in [0.5, 0.6) is 0 Å². The lowest BCUT2D eigenvalue weighted by atomic mass is 10.1. The summed E-state index contributed by atoms with van der Waals surface area (Å²) < 4.78 is 5.83. The van der Waals surface area contributed by atoms with Crippen LogP contribution in [0, 0.1) is 5.92 Å². The van der Waals surface area contributed by atoms with Crippen LogP contribution < -0.4 is 4.90 Å². The van der Waals surface area contributed by atoms with Crippen LogP contribution in [0.25, 0.3) is 9.53 Å². The number of thiazole rings is 1. The van der Waals surface area contributed by atoms with Gasteiger partial charge in [0.2, 0.25) is 0 Å². The van der Waals surface area contributed by atoms with Crippen LogP contribution in [0.15, 0.2) is 36.4 Å². The molecule has 0 fully saturated rings. The molecule has 0 saturated carbocycles. The number of esters is 1. The van der Waals surface area contributed by atoms with Gasteiger partial charge < -0.3 is 14.5 Å². The van der Waals surface area contributed by atoms with Crippen molar-refractivity contribution in [3.63, 3.8) is 0 Å². The number of ether oxygens (including phenoxy) is 1. The normalized spacial score (nSPS) is 12.0. The third-order valence-corrected chi connectivity index (χ3v) is 6.59. The number of carbonyl (C=O) groups excluding carboxylic acids is 2. The first kappa shape index (κ1) is 20.3. The molecule has 2 heterocycles. The van der Waals surface area contributed by atoms with Crippen LogP contribution in [0.1, 0.15) is 22.2 Å². The van der Waals surface area contributed by atoms with Crippen molar-refractivity contribution in [1.29, 1.82) is 0 Å². The largest absolute Gasteiger partial charge is 0.469 e. The highest BCUT2D eigenvalue weighted by Crippen LogP contribution is 2.34. The van der Waals surface area contributed by atoms with Gasteiger partial charge in [0, 0.05) is 27.2 Å². The minimum atomic E-state index is -0.405. The van der Waals surface area contributed by atoms with E-state index >= 15 is 0 Å². The van der Waals surface area contributed by atoms with Crippen LogP contribution in [-0.2, 0) is 16.1 Å². The molecule has 1 atom stereocenters. The van der Waals surface area contributed by atoms with Crippen molar-refractivity contribution in [3.05, 3.63) is 46.8 Å². The molecule has 0 N–H and O–H groups in total. The van der Waals surface area contributed by atoms with Crippen molar-refractivity contribution in [2.45, 2.75) is 13.5 Å². The maximum Gasteiger partial charge on any atom is 0.310 e. The molecule has 0 bridgehead atoms. The fourth-order valence-corrected chi connectivity index (χ4v) is 4.91. The molecule has 0 radical (unpaired) electrons. The molecular weight excluding hydrogens is 394 g/mol. The number of rotatable bonds is 7. The van der Waals surface area contributed by atoms with E-state index in [1.807, 2.05) is 55.4 Å². The van der Waals surface area contributed by atoms with E-state index < -0.39 is 5.92 Å². The Morgan fingerprint density at radius 3 is 2.50 bits per heavy atom. The number of nitrogens with zero attached hydrogens (tertiary/aromatic N) is 3. The summed E-state index contributed by atoms with van der Waals surface area (Å²) >= 11 is 2.95. The van der Waals surface area contributed by atoms with Crippen LogP contribution in [0.4, 0.5) is 5.13 Å². The number of carbonyl (C=O) groups is 2. The lowest BCUT2D eigenvalue weighted by Gasteiger charge is -2.24. The molecule has 148 valence electrons. The molecule has 0 spiro atoms. The lowest BCUT2D eigenvalue weighted by molar-refractivity contribution is -0.145. The van der Waals surface area contributed by atoms with Crippen molar-refractivity contribution < 1.29 is 14.3 Å². The van der Waals surface area contributed by atoms with Gasteiger partial charge in [-0.3, -0.25) is 9.59 Å². The summed E-state index contributed by atoms with van der Waals surface area (Å²) in [6.07, 6.45) is 0. The van der Waals surface area contributed by atoms with Crippen LogP contribution in [0.3, 0.4) is 0 Å². The second-order valence-corrected chi connectivity index (χ2v) is 8.81. The molecule has 6 nitrogen and oxygen atoms in total. The number of anilines is 1. The van der Waals surface area contributed by atoms with E-state index in [9.17, 15) is 9.59 Å². The third-order valence-electron chi connectivity index (χ3n) is 4.27. The Kier molecular flexibility index (Phi) is 6.31. The van der Waals surface area contributed by atoms with E-state index in [1.54, 1.807) is 23.2 Å². The molecular formula is C20H23N3O3S2. The first-order valence-corrected chi connectivity index (χ1v) is 10.5. The second-order valence-electron chi connectivity index (χ2n) is 6.77. The number of fused-ring (bicyclic) bond motifs is 1. The van der Waals surface area contributed by atoms with E-state index in [2.05, 4.69) is 4.98 Å². The highest BCUT2D eigenvalue weighted by molar-refractivity contribution is 7.29. The third kappa shape index (κ3) is 4.51. The van der Waals surface area contributed by atoms with Crippen molar-refractivity contribution >= 4 is 49.2 Å². The molecule has 8 heteroatoms. The molecule has 1 aromatic carbocycles. The van der Waals surface area contributed by atoms with Crippen LogP contribution in [0.2, 0.25) is 0 Å². The van der Waals surface area contributed by atoms with Crippen LogP contribution >= 0.6 is 22.7 Å². The highest BCUT2D eigenvalue weighted by atomic mass is 32.1. The van der Waals surface area contributed by atoms with Gasteiger partial charge in [0.05, 0.1) is 22.6 Å². The topological polar surface area (TPSA) is 62.7 Å². The standard InChI is InChI=1S/C20H23N3O3S2/c1-13(19(25)26-4)11-23(12-14-8-6-5-7-9-14)18(24)16-10-15-17(27-16)21-20(28-15)22(2)3/h5-10,13H,11-12H2,1-4H3. The highest BCUT2D eigenvalue weighted by Gasteiger charge is 2.25. The zero-order valence-electron chi connectivity index (χ0n) is 16.3. The molecule has 3 rings (SSSR count). The van der Waals surface area contributed by atoms with Gasteiger partial charge in [0.15, 0.2) is 5.13 Å². The fourth-order valence-electron chi connectivity index (χ4n) is 2.81. The number of thiophene rings is 1. The number of benzene rings is 1. The summed E-state index contributed by atoms with van der Waals surface area (Å²) in [7, 11) is 5.26. The van der Waals surface area contributed by atoms with Gasteiger partial charge >= 0.3 is 5.97 Å². The minimum Gasteiger partial charge on any atom is -0.469 e. The number of aromatic nitrogens is 1. The van der Waals surface area contributed by atoms with Gasteiger partial charge in [-0.2, -0.15) is 0 Å². The molecule has 28 heavy (non-hydrogen) atoms. The van der Waals surface area contributed by atoms with Crippen molar-refractivity contribution in [1.82, 2.24) is 9.88 Å². The summed E-state index contributed by atoms with van der Waals surface area (Å²) in [5.74, 6) is -0.825. The van der Waals surface area contributed by atoms with Gasteiger partial charge in [0.1, 0.15) is 4.83 Å². The Balaban J connectivity index is 1.86. The fraction of sp³-hybridized carbons (Fsp3) is 0.350. The van der Waals surface area contributed by atoms with Crippen molar-refractivity contribution in [2.75, 3.05) is 32.6 Å². The van der Waals surface area contributed by atoms with Crippen molar-refractivity contribution in [3.8, 4) is 0 Å². The Morgan fingerprint density at radius 2 is 1.89 bits per heavy atom. The smallest absolute Gasteiger partial charge is 0.310 e. The van der Waals surface area contributed by atoms with Gasteiger partial charge in [0.25, 0.3) is 5.91 Å². The van der Waals surface area contributed by atoms with Crippen LogP contribution in [-0.4, -0.2) is 49.5 Å². The predicted octanol–water partition coefficient (Wildman–Crippen LogP) is 3.88. The van der Waals surface area contributed by atoms with Gasteiger partial charge in [-0.05, 0) is 11.6 Å². The molecule has 3 aromatic rings. The maximum atomic E-state index is 13.2. The van der Waals surface area contributed by atoms with Gasteiger partial charge in [-0.15, -0.1) is 11.3 Å². The Bertz CT molecular complexity index is 934. The van der Waals surface area contributed by atoms with E-state index in [1.165, 1.54) is 18.4 Å². The zero-order chi connectivity index (χ0) is 20.3. The van der Waals surface area contributed by atoms with Crippen molar-refractivity contribution in [2.24, 2.45) is 5.92 Å². The lowest BCUT2D eigenvalue weighted by Crippen LogP contribution is -2.36. The number of hydrogen-bond donors (Lipinski definition) is 0. The Morgan fingerprint density at radius 1 is 1.18 bits per heavy atom. The minimum absolute atomic E-state index is 0.0961. The summed E-state index contributed by atoms with van der Waals surface area (Å²) in [6, 6.07) is 11.7. The Hall–Kier alpha value is -2.45. The van der Waals surface area contributed by atoms with E-state index in [0.717, 1.165) is 20.2 Å². The average molecular weight is 418 g/mol. The summed E-state index contributed by atoms with van der Waals surface area (Å²) in [5, 5.41) is 0.917. The predicted molar refractivity (Wildman–Crippen MR) is 114 cm³/mol. The SMILES string of the molecule is COC(=O)C(C)CN(Cc1ccccc1)C(=O)c1cc2sc(N(C)C)nc2s1. The van der Waals surface area contributed by atoms with E-state index in [-0.39, 0.29) is 11.9 Å². The molecule has 2 aromatic heterocycles. The summed E-state index contributed by atoms with van der Waals surface area (Å²) in [5.41, 5.74) is 1.01. The zero-order valence-corrected chi connectivity index (χ0v) is 18.0. The summed E-state index contributed by atoms with van der Waals surface area (Å²) in [6.45, 7) is 2.50. The average Bonchev–Trinajstić information content (AvgIpc) is 3.26. The molecule has 1 unspecified atom stereocenters.